The predicted molar refractivity (Wildman–Crippen MR) is 59.8 cm³/mol. The molecule has 1 aromatic carbocycles. The van der Waals surface area contributed by atoms with Crippen LogP contribution in [0.25, 0.3) is 0 Å². The third kappa shape index (κ3) is 2.73. The molecule has 1 rings (SSSR count). The van der Waals surface area contributed by atoms with Crippen molar-refractivity contribution in [3.8, 4) is 11.5 Å². The SMILES string of the molecule is COc1cccc(OC)c1[C@H](O)CC(C)=O. The van der Waals surface area contributed by atoms with E-state index < -0.39 is 6.10 Å². The molecular formula is C12H16O4. The Morgan fingerprint density at radius 2 is 1.81 bits per heavy atom. The molecule has 0 bridgehead atoms. The molecule has 0 unspecified atom stereocenters. The van der Waals surface area contributed by atoms with Crippen LogP contribution in [0, 0.1) is 0 Å². The van der Waals surface area contributed by atoms with Gasteiger partial charge in [0.05, 0.1) is 25.9 Å². The average Bonchev–Trinajstić information content (AvgIpc) is 2.26. The molecule has 0 aliphatic rings. The fourth-order valence-corrected chi connectivity index (χ4v) is 1.58. The van der Waals surface area contributed by atoms with Crippen molar-refractivity contribution in [2.24, 2.45) is 0 Å². The molecule has 1 aromatic rings. The van der Waals surface area contributed by atoms with Gasteiger partial charge in [-0.2, -0.15) is 0 Å². The summed E-state index contributed by atoms with van der Waals surface area (Å²) in [7, 11) is 3.03. The summed E-state index contributed by atoms with van der Waals surface area (Å²) in [6.07, 6.45) is -0.847. The lowest BCUT2D eigenvalue weighted by Crippen LogP contribution is -2.07. The topological polar surface area (TPSA) is 55.8 Å². The van der Waals surface area contributed by atoms with E-state index in [2.05, 4.69) is 0 Å². The summed E-state index contributed by atoms with van der Waals surface area (Å²) in [5.41, 5.74) is 0.516. The van der Waals surface area contributed by atoms with Crippen LogP contribution in [0.15, 0.2) is 18.2 Å². The monoisotopic (exact) mass is 224 g/mol. The average molecular weight is 224 g/mol. The van der Waals surface area contributed by atoms with Crippen LogP contribution in [0.4, 0.5) is 0 Å². The molecule has 4 nitrogen and oxygen atoms in total. The molecule has 88 valence electrons. The minimum atomic E-state index is -0.899. The molecule has 0 fully saturated rings. The number of aliphatic hydroxyl groups excluding tert-OH is 1. The summed E-state index contributed by atoms with van der Waals surface area (Å²) >= 11 is 0. The van der Waals surface area contributed by atoms with Crippen molar-refractivity contribution < 1.29 is 19.4 Å². The van der Waals surface area contributed by atoms with Crippen molar-refractivity contribution in [1.82, 2.24) is 0 Å². The highest BCUT2D eigenvalue weighted by atomic mass is 16.5. The summed E-state index contributed by atoms with van der Waals surface area (Å²) < 4.78 is 10.3. The summed E-state index contributed by atoms with van der Waals surface area (Å²) in [5.74, 6) is 0.960. The molecule has 0 saturated carbocycles. The standard InChI is InChI=1S/C12H16O4/c1-8(13)7-9(14)12-10(15-2)5-4-6-11(12)16-3/h4-6,9,14H,7H2,1-3H3/t9-/m1/s1. The minimum Gasteiger partial charge on any atom is -0.496 e. The fourth-order valence-electron chi connectivity index (χ4n) is 1.58. The number of carbonyl (C=O) groups is 1. The first kappa shape index (κ1) is 12.5. The Kier molecular flexibility index (Phi) is 4.31. The Balaban J connectivity index is 3.12. The summed E-state index contributed by atoms with van der Waals surface area (Å²) in [6.45, 7) is 1.44. The van der Waals surface area contributed by atoms with E-state index in [1.807, 2.05) is 0 Å². The number of aliphatic hydroxyl groups is 1. The van der Waals surface area contributed by atoms with Gasteiger partial charge in [-0.25, -0.2) is 0 Å². The Bertz CT molecular complexity index is 351. The number of hydrogen-bond acceptors (Lipinski definition) is 4. The van der Waals surface area contributed by atoms with Gasteiger partial charge in [0.1, 0.15) is 17.3 Å². The van der Waals surface area contributed by atoms with E-state index in [1.165, 1.54) is 21.1 Å². The van der Waals surface area contributed by atoms with Crippen molar-refractivity contribution in [1.29, 1.82) is 0 Å². The molecular weight excluding hydrogens is 208 g/mol. The minimum absolute atomic E-state index is 0.0523. The molecule has 1 atom stereocenters. The third-order valence-corrected chi connectivity index (χ3v) is 2.28. The van der Waals surface area contributed by atoms with Gasteiger partial charge in [0.2, 0.25) is 0 Å². The lowest BCUT2D eigenvalue weighted by molar-refractivity contribution is -0.118. The second-order valence-electron chi connectivity index (χ2n) is 3.50. The van der Waals surface area contributed by atoms with Crippen LogP contribution in [0.1, 0.15) is 25.0 Å². The number of rotatable bonds is 5. The number of Topliss-reactive ketones (excluding diaryl/α,β-unsaturated/α-hetero) is 1. The number of hydrogen-bond donors (Lipinski definition) is 1. The first-order valence-corrected chi connectivity index (χ1v) is 4.98. The van der Waals surface area contributed by atoms with E-state index >= 15 is 0 Å². The Labute approximate surface area is 94.8 Å². The number of methoxy groups -OCH3 is 2. The van der Waals surface area contributed by atoms with Crippen LogP contribution in [-0.2, 0) is 4.79 Å². The second-order valence-corrected chi connectivity index (χ2v) is 3.50. The second kappa shape index (κ2) is 5.51. The maximum atomic E-state index is 11.0. The van der Waals surface area contributed by atoms with Gasteiger partial charge in [0, 0.05) is 6.42 Å². The van der Waals surface area contributed by atoms with Crippen molar-refractivity contribution >= 4 is 5.78 Å². The highest BCUT2D eigenvalue weighted by Gasteiger charge is 2.19. The lowest BCUT2D eigenvalue weighted by atomic mass is 10.0. The van der Waals surface area contributed by atoms with Gasteiger partial charge < -0.3 is 14.6 Å². The predicted octanol–water partition coefficient (Wildman–Crippen LogP) is 1.72. The maximum absolute atomic E-state index is 11.0. The van der Waals surface area contributed by atoms with Gasteiger partial charge in [-0.05, 0) is 19.1 Å². The van der Waals surface area contributed by atoms with Crippen molar-refractivity contribution in [3.05, 3.63) is 23.8 Å². The zero-order valence-corrected chi connectivity index (χ0v) is 9.69. The molecule has 0 aromatic heterocycles. The first-order valence-electron chi connectivity index (χ1n) is 4.98. The summed E-state index contributed by atoms with van der Waals surface area (Å²) in [5, 5.41) is 9.93. The highest BCUT2D eigenvalue weighted by Crippen LogP contribution is 2.35. The maximum Gasteiger partial charge on any atom is 0.132 e. The zero-order chi connectivity index (χ0) is 12.1. The van der Waals surface area contributed by atoms with Crippen molar-refractivity contribution in [2.75, 3.05) is 14.2 Å². The Morgan fingerprint density at radius 3 is 2.19 bits per heavy atom. The molecule has 1 N–H and O–H groups in total. The number of ketones is 1. The highest BCUT2D eigenvalue weighted by molar-refractivity contribution is 5.76. The van der Waals surface area contributed by atoms with Gasteiger partial charge in [-0.15, -0.1) is 0 Å². The van der Waals surface area contributed by atoms with Crippen molar-refractivity contribution in [2.45, 2.75) is 19.4 Å². The summed E-state index contributed by atoms with van der Waals surface area (Å²) in [4.78, 5) is 11.0. The van der Waals surface area contributed by atoms with Gasteiger partial charge in [-0.3, -0.25) is 4.79 Å². The quantitative estimate of drug-likeness (QED) is 0.827. The molecule has 0 aliphatic carbocycles. The first-order chi connectivity index (χ1) is 7.60. The van der Waals surface area contributed by atoms with Crippen molar-refractivity contribution in [3.63, 3.8) is 0 Å². The largest absolute Gasteiger partial charge is 0.496 e. The molecule has 4 heteroatoms. The van der Waals surface area contributed by atoms with E-state index in [9.17, 15) is 9.90 Å². The lowest BCUT2D eigenvalue weighted by Gasteiger charge is -2.16. The zero-order valence-electron chi connectivity index (χ0n) is 9.69. The fraction of sp³-hybridized carbons (Fsp3) is 0.417. The van der Waals surface area contributed by atoms with Gasteiger partial charge >= 0.3 is 0 Å². The molecule has 0 heterocycles. The van der Waals surface area contributed by atoms with Crippen LogP contribution in [0.2, 0.25) is 0 Å². The van der Waals surface area contributed by atoms with Crippen LogP contribution in [0.5, 0.6) is 11.5 Å². The van der Waals surface area contributed by atoms with Gasteiger partial charge in [0.15, 0.2) is 0 Å². The Hall–Kier alpha value is -1.55. The molecule has 0 spiro atoms. The normalized spacial score (nSPS) is 12.0. The van der Waals surface area contributed by atoms with Crippen LogP contribution in [0.3, 0.4) is 0 Å². The molecule has 0 saturated heterocycles. The molecule has 0 radical (unpaired) electrons. The number of benzene rings is 1. The van der Waals surface area contributed by atoms with Crippen LogP contribution >= 0.6 is 0 Å². The Morgan fingerprint density at radius 1 is 1.31 bits per heavy atom. The van der Waals surface area contributed by atoms with E-state index in [0.29, 0.717) is 17.1 Å². The van der Waals surface area contributed by atoms with Gasteiger partial charge in [0.25, 0.3) is 0 Å². The molecule has 0 aliphatic heterocycles. The van der Waals surface area contributed by atoms with E-state index in [1.54, 1.807) is 18.2 Å². The molecule has 0 amide bonds. The summed E-state index contributed by atoms with van der Waals surface area (Å²) in [6, 6.07) is 5.21. The number of ether oxygens (including phenoxy) is 2. The third-order valence-electron chi connectivity index (χ3n) is 2.28. The van der Waals surface area contributed by atoms with E-state index in [-0.39, 0.29) is 12.2 Å². The molecule has 16 heavy (non-hydrogen) atoms. The van der Waals surface area contributed by atoms with Gasteiger partial charge in [-0.1, -0.05) is 6.07 Å². The van der Waals surface area contributed by atoms with E-state index in [0.717, 1.165) is 0 Å². The van der Waals surface area contributed by atoms with E-state index in [4.69, 9.17) is 9.47 Å². The van der Waals surface area contributed by atoms with Crippen LogP contribution in [-0.4, -0.2) is 25.1 Å². The number of carbonyl (C=O) groups excluding carboxylic acids is 1. The van der Waals surface area contributed by atoms with Crippen LogP contribution < -0.4 is 9.47 Å². The smallest absolute Gasteiger partial charge is 0.132 e.